The number of hydrogen-bond donors (Lipinski definition) is 2. The number of nitrogens with one attached hydrogen (secondary N) is 2. The van der Waals surface area contributed by atoms with Crippen LogP contribution in [-0.4, -0.2) is 148 Å². The molecule has 4 aromatic rings. The van der Waals surface area contributed by atoms with Gasteiger partial charge in [0.1, 0.15) is 12.1 Å². The number of hydrogen-bond acceptors (Lipinski definition) is 13. The summed E-state index contributed by atoms with van der Waals surface area (Å²) in [6.07, 6.45) is 4.68. The molecule has 0 unspecified atom stereocenters. The molecule has 4 atom stereocenters. The van der Waals surface area contributed by atoms with E-state index in [0.29, 0.717) is 69.9 Å². The molecule has 0 radical (unpaired) electrons. The highest BCUT2D eigenvalue weighted by Crippen LogP contribution is 2.42. The van der Waals surface area contributed by atoms with Gasteiger partial charge < -0.3 is 38.8 Å². The number of likely N-dealkylation sites (tertiary alicyclic amines) is 1. The average Bonchev–Trinajstić information content (AvgIpc) is 3.93. The Kier molecular flexibility index (Phi) is 15.3. The monoisotopic (exact) mass is 983 g/mol. The van der Waals surface area contributed by atoms with Crippen LogP contribution in [0.4, 0.5) is 4.79 Å². The predicted molar refractivity (Wildman–Crippen MR) is 270 cm³/mol. The lowest BCUT2D eigenvalue weighted by molar-refractivity contribution is -0.155. The lowest BCUT2D eigenvalue weighted by Crippen LogP contribution is -2.61. The molecule has 8 rings (SSSR count). The van der Waals surface area contributed by atoms with Crippen molar-refractivity contribution in [3.8, 4) is 22.5 Å². The minimum Gasteiger partial charge on any atom is -0.464 e. The van der Waals surface area contributed by atoms with Gasteiger partial charge in [0.2, 0.25) is 11.8 Å². The highest BCUT2D eigenvalue weighted by Gasteiger charge is 2.43. The number of hydrazine groups is 1. The maximum atomic E-state index is 14.8. The van der Waals surface area contributed by atoms with E-state index < -0.39 is 41.2 Å². The van der Waals surface area contributed by atoms with Crippen LogP contribution in [0.25, 0.3) is 33.4 Å². The fourth-order valence-electron chi connectivity index (χ4n) is 10.6. The SMILES string of the molecule is CCn1c(-c2cccnc2[C@H](C)OC)c2c3cc(ccc31)-c1csc(n1)C[C@H](C(=S)NC(=O)[C@H](C(C)C)N(C)C(=O)N1CCC3(CC1)CN(C)CCO3)C(=O)N1CCC[C@H](N1)C(=O)OCC(C)(C)C2. The van der Waals surface area contributed by atoms with Crippen LogP contribution in [0, 0.1) is 17.3 Å². The number of likely N-dealkylation sites (N-methyl/N-ethyl adjacent to an activating group) is 2. The van der Waals surface area contributed by atoms with E-state index in [1.54, 1.807) is 25.3 Å². The van der Waals surface area contributed by atoms with Crippen LogP contribution < -0.4 is 10.7 Å². The Morgan fingerprint density at radius 3 is 2.59 bits per heavy atom. The number of rotatable bonds is 8. The lowest BCUT2D eigenvalue weighted by Gasteiger charge is -2.47. The number of pyridine rings is 1. The van der Waals surface area contributed by atoms with Gasteiger partial charge in [0.05, 0.1) is 57.9 Å². The predicted octanol–water partition coefficient (Wildman–Crippen LogP) is 6.65. The largest absolute Gasteiger partial charge is 0.464 e. The van der Waals surface area contributed by atoms with Crippen molar-refractivity contribution in [1.29, 1.82) is 0 Å². The van der Waals surface area contributed by atoms with Gasteiger partial charge >= 0.3 is 12.0 Å². The van der Waals surface area contributed by atoms with E-state index in [0.717, 1.165) is 57.8 Å². The van der Waals surface area contributed by atoms with Crippen LogP contribution in [0.5, 0.6) is 0 Å². The number of morpholine rings is 1. The quantitative estimate of drug-likeness (QED) is 0.143. The normalized spacial score (nSPS) is 22.0. The first kappa shape index (κ1) is 50.5. The Balaban J connectivity index is 1.11. The van der Waals surface area contributed by atoms with Crippen molar-refractivity contribution in [2.24, 2.45) is 17.3 Å². The number of thiazole rings is 1. The third-order valence-electron chi connectivity index (χ3n) is 14.4. The molecule has 1 spiro atoms. The topological polar surface area (TPSA) is 164 Å². The minimum atomic E-state index is -1.03. The number of esters is 1. The molecule has 4 aliphatic rings. The highest BCUT2D eigenvalue weighted by molar-refractivity contribution is 7.80. The summed E-state index contributed by atoms with van der Waals surface area (Å²) in [6.45, 7) is 16.7. The molecule has 0 aliphatic carbocycles. The number of nitrogens with zero attached hydrogens (tertiary/aromatic N) is 7. The third kappa shape index (κ3) is 10.6. The van der Waals surface area contributed by atoms with Gasteiger partial charge in [-0.05, 0) is 88.7 Å². The fraction of sp³-hybridized carbons (Fsp3) is 0.588. The second-order valence-electron chi connectivity index (χ2n) is 20.5. The van der Waals surface area contributed by atoms with Gasteiger partial charge in [-0.15, -0.1) is 11.3 Å². The Morgan fingerprint density at radius 2 is 1.88 bits per heavy atom. The highest BCUT2D eigenvalue weighted by atomic mass is 32.1. The maximum Gasteiger partial charge on any atom is 0.324 e. The zero-order chi connectivity index (χ0) is 49.4. The van der Waals surface area contributed by atoms with E-state index in [4.69, 9.17) is 36.4 Å². The summed E-state index contributed by atoms with van der Waals surface area (Å²) in [5, 5.41) is 8.06. The molecule has 3 fully saturated rings. The summed E-state index contributed by atoms with van der Waals surface area (Å²) in [5.41, 5.74) is 9.07. The summed E-state index contributed by atoms with van der Waals surface area (Å²) >= 11 is 7.44. The molecular formula is C51H69N9O7S2. The average molecular weight is 984 g/mol. The number of aryl methyl sites for hydroxylation is 1. The number of amides is 4. The van der Waals surface area contributed by atoms with Gasteiger partial charge in [0.15, 0.2) is 0 Å². The van der Waals surface area contributed by atoms with Gasteiger partial charge in [-0.1, -0.05) is 46.0 Å². The molecule has 69 heavy (non-hydrogen) atoms. The molecule has 0 saturated carbocycles. The number of benzene rings is 1. The van der Waals surface area contributed by atoms with Crippen LogP contribution in [-0.2, 0) is 48.0 Å². The number of piperidine rings is 1. The van der Waals surface area contributed by atoms with Gasteiger partial charge in [-0.3, -0.25) is 24.4 Å². The van der Waals surface area contributed by atoms with Crippen molar-refractivity contribution in [2.75, 3.05) is 67.1 Å². The lowest BCUT2D eigenvalue weighted by atomic mass is 9.84. The number of cyclic esters (lactones) is 1. The molecule has 4 aliphatic heterocycles. The van der Waals surface area contributed by atoms with Crippen LogP contribution >= 0.6 is 23.6 Å². The summed E-state index contributed by atoms with van der Waals surface area (Å²) in [6, 6.07) is 8.55. The van der Waals surface area contributed by atoms with Gasteiger partial charge in [0, 0.05) is 98.9 Å². The second-order valence-corrected chi connectivity index (χ2v) is 21.8. The number of fused-ring (bicyclic) bond motifs is 6. The zero-order valence-corrected chi connectivity index (χ0v) is 43.3. The first-order valence-electron chi connectivity index (χ1n) is 24.4. The van der Waals surface area contributed by atoms with Crippen molar-refractivity contribution < 1.29 is 33.4 Å². The first-order chi connectivity index (χ1) is 32.9. The standard InChI is InChI=1S/C51H69N9O7S2/c1-10-59-40-16-15-33-25-35(40)37(44(59)34-13-11-19-52-42(34)32(4)65-9)27-50(5,6)30-66-48(63)38-14-12-20-60(55-38)47(62)36(26-41-53-39(33)28-69-41)46(68)54-45(61)43(31(2)3)57(8)49(64)58-21-17-51(18-22-58)29-56(7)23-24-67-51/h11,13,15-16,19,25,28,31-32,36,38,43,55H,10,12,14,17-18,20-24,26-27,29-30H2,1-9H3,(H,54,61,68)/t32-,36+,38-,43-/m0/s1. The van der Waals surface area contributed by atoms with Crippen LogP contribution in [0.2, 0.25) is 0 Å². The molecule has 18 heteroatoms. The maximum absolute atomic E-state index is 14.8. The molecule has 7 heterocycles. The number of ether oxygens (including phenoxy) is 3. The minimum absolute atomic E-state index is 0.0199. The summed E-state index contributed by atoms with van der Waals surface area (Å²) in [4.78, 5) is 72.7. The number of urea groups is 1. The molecule has 1 aromatic carbocycles. The van der Waals surface area contributed by atoms with Crippen LogP contribution in [0.1, 0.15) is 89.6 Å². The van der Waals surface area contributed by atoms with E-state index in [1.165, 1.54) is 21.2 Å². The van der Waals surface area contributed by atoms with Crippen molar-refractivity contribution in [2.45, 2.75) is 110 Å². The van der Waals surface area contributed by atoms with Crippen LogP contribution in [0.15, 0.2) is 41.9 Å². The Labute approximate surface area is 415 Å². The summed E-state index contributed by atoms with van der Waals surface area (Å²) in [5.74, 6) is -2.62. The van der Waals surface area contributed by atoms with Gasteiger partial charge in [-0.2, -0.15) is 0 Å². The number of aromatic nitrogens is 3. The van der Waals surface area contributed by atoms with E-state index in [-0.39, 0.29) is 41.7 Å². The van der Waals surface area contributed by atoms with Gasteiger partial charge in [-0.25, -0.2) is 15.2 Å². The third-order valence-corrected chi connectivity index (χ3v) is 15.7. The van der Waals surface area contributed by atoms with Crippen molar-refractivity contribution in [3.05, 3.63) is 58.2 Å². The zero-order valence-electron chi connectivity index (χ0n) is 41.6. The molecular weight excluding hydrogens is 915 g/mol. The van der Waals surface area contributed by atoms with E-state index in [9.17, 15) is 19.2 Å². The molecule has 372 valence electrons. The van der Waals surface area contributed by atoms with E-state index >= 15 is 0 Å². The fourth-order valence-corrected chi connectivity index (χ4v) is 11.8. The number of carbonyl (C=O) groups is 4. The van der Waals surface area contributed by atoms with Gasteiger partial charge in [0.25, 0.3) is 0 Å². The first-order valence-corrected chi connectivity index (χ1v) is 25.7. The van der Waals surface area contributed by atoms with Crippen molar-refractivity contribution in [3.63, 3.8) is 0 Å². The number of methoxy groups -OCH3 is 1. The van der Waals surface area contributed by atoms with E-state index in [1.807, 2.05) is 32.2 Å². The Hall–Kier alpha value is -4.85. The van der Waals surface area contributed by atoms with Crippen molar-refractivity contribution >= 4 is 63.3 Å². The molecule has 4 amide bonds. The molecule has 3 aromatic heterocycles. The molecule has 3 saturated heterocycles. The Bertz CT molecular complexity index is 2570. The molecule has 6 bridgehead atoms. The Morgan fingerprint density at radius 1 is 1.12 bits per heavy atom. The second kappa shape index (κ2) is 20.9. The van der Waals surface area contributed by atoms with Crippen molar-refractivity contribution in [1.82, 2.24) is 45.0 Å². The summed E-state index contributed by atoms with van der Waals surface area (Å²) in [7, 11) is 5.43. The summed E-state index contributed by atoms with van der Waals surface area (Å²) < 4.78 is 20.5. The smallest absolute Gasteiger partial charge is 0.324 e. The van der Waals surface area contributed by atoms with Crippen LogP contribution in [0.3, 0.4) is 0 Å². The number of thiocarbonyl (C=S) groups is 1. The molecule has 2 N–H and O–H groups in total. The number of carbonyl (C=O) groups excluding carboxylic acids is 4. The molecule has 16 nitrogen and oxygen atoms in total. The van der Waals surface area contributed by atoms with E-state index in [2.05, 4.69) is 72.3 Å².